The minimum absolute atomic E-state index is 0.00936. The molecule has 1 amide bonds. The van der Waals surface area contributed by atoms with E-state index in [4.69, 9.17) is 9.47 Å². The van der Waals surface area contributed by atoms with E-state index in [0.29, 0.717) is 19.0 Å². The Bertz CT molecular complexity index is 1100. The summed E-state index contributed by atoms with van der Waals surface area (Å²) in [4.78, 5) is 16.4. The summed E-state index contributed by atoms with van der Waals surface area (Å²) in [5, 5.41) is 12.7. The molecule has 1 saturated heterocycles. The largest absolute Gasteiger partial charge is 0.490 e. The van der Waals surface area contributed by atoms with Crippen LogP contribution in [-0.4, -0.2) is 50.8 Å². The van der Waals surface area contributed by atoms with Gasteiger partial charge in [-0.1, -0.05) is 37.3 Å². The molecule has 3 aromatic rings. The van der Waals surface area contributed by atoms with E-state index >= 15 is 0 Å². The highest BCUT2D eigenvalue weighted by molar-refractivity contribution is 5.76. The second-order valence-corrected chi connectivity index (χ2v) is 8.20. The van der Waals surface area contributed by atoms with E-state index in [1.54, 1.807) is 0 Å². The topological polar surface area (TPSA) is 82.4 Å². The minimum Gasteiger partial charge on any atom is -0.490 e. The molecular weight excluding hydrogens is 406 g/mol. The summed E-state index contributed by atoms with van der Waals surface area (Å²) in [7, 11) is 0. The quantitative estimate of drug-likeness (QED) is 0.613. The zero-order valence-corrected chi connectivity index (χ0v) is 18.2. The Labute approximate surface area is 187 Å². The predicted molar refractivity (Wildman–Crippen MR) is 118 cm³/mol. The maximum Gasteiger partial charge on any atom is 0.246 e. The number of ether oxygens (including phenoxy) is 2. The third kappa shape index (κ3) is 4.17. The van der Waals surface area contributed by atoms with Crippen LogP contribution >= 0.6 is 0 Å². The fourth-order valence-corrected chi connectivity index (χ4v) is 4.33. The second kappa shape index (κ2) is 8.98. The average molecular weight is 434 g/mol. The van der Waals surface area contributed by atoms with Crippen molar-refractivity contribution in [2.75, 3.05) is 19.8 Å². The van der Waals surface area contributed by atoms with E-state index in [9.17, 15) is 4.79 Å². The van der Waals surface area contributed by atoms with Crippen molar-refractivity contribution >= 4 is 5.91 Å². The monoisotopic (exact) mass is 433 g/mol. The molecule has 1 fully saturated rings. The maximum absolute atomic E-state index is 13.1. The highest BCUT2D eigenvalue weighted by Crippen LogP contribution is 2.38. The summed E-state index contributed by atoms with van der Waals surface area (Å²) in [6, 6.07) is 14.1. The van der Waals surface area contributed by atoms with Crippen molar-refractivity contribution in [2.24, 2.45) is 0 Å². The summed E-state index contributed by atoms with van der Waals surface area (Å²) in [5.74, 6) is 2.05. The molecule has 0 N–H and O–H groups in total. The molecule has 0 unspecified atom stereocenters. The molecule has 2 aliphatic heterocycles. The molecule has 3 heterocycles. The lowest BCUT2D eigenvalue weighted by Gasteiger charge is -2.25. The van der Waals surface area contributed by atoms with Gasteiger partial charge in [0.25, 0.3) is 0 Å². The number of tetrazole rings is 1. The molecule has 1 aromatic heterocycles. The Morgan fingerprint density at radius 1 is 1.06 bits per heavy atom. The first kappa shape index (κ1) is 20.5. The van der Waals surface area contributed by atoms with E-state index in [0.717, 1.165) is 54.9 Å². The number of nitrogens with zero attached hydrogens (tertiary/aromatic N) is 5. The van der Waals surface area contributed by atoms with E-state index in [2.05, 4.69) is 34.5 Å². The number of amides is 1. The molecule has 8 nitrogen and oxygen atoms in total. The molecule has 0 saturated carbocycles. The average Bonchev–Trinajstić information content (AvgIpc) is 3.44. The van der Waals surface area contributed by atoms with Gasteiger partial charge in [0.2, 0.25) is 11.7 Å². The molecular formula is C24H27N5O3. The van der Waals surface area contributed by atoms with Crippen molar-refractivity contribution in [3.63, 3.8) is 0 Å². The number of hydrogen-bond donors (Lipinski definition) is 0. The van der Waals surface area contributed by atoms with Crippen molar-refractivity contribution < 1.29 is 14.3 Å². The number of hydrogen-bond acceptors (Lipinski definition) is 6. The number of carbonyl (C=O) groups excluding carboxylic acids is 1. The molecule has 1 atom stereocenters. The third-order valence-electron chi connectivity index (χ3n) is 6.08. The Hall–Kier alpha value is -3.42. The molecule has 0 radical (unpaired) electrons. The van der Waals surface area contributed by atoms with Gasteiger partial charge in [-0.25, -0.2) is 0 Å². The van der Waals surface area contributed by atoms with Gasteiger partial charge in [0.1, 0.15) is 6.54 Å². The van der Waals surface area contributed by atoms with Gasteiger partial charge < -0.3 is 14.4 Å². The fraction of sp³-hybridized carbons (Fsp3) is 0.417. The lowest BCUT2D eigenvalue weighted by atomic mass is 10.0. The maximum atomic E-state index is 13.1. The van der Waals surface area contributed by atoms with Crippen LogP contribution in [0.3, 0.4) is 0 Å². The van der Waals surface area contributed by atoms with Gasteiger partial charge >= 0.3 is 0 Å². The molecule has 0 bridgehead atoms. The Morgan fingerprint density at radius 2 is 1.88 bits per heavy atom. The molecule has 0 aliphatic carbocycles. The summed E-state index contributed by atoms with van der Waals surface area (Å²) in [6.07, 6.45) is 3.73. The molecule has 2 aromatic carbocycles. The van der Waals surface area contributed by atoms with Crippen LogP contribution < -0.4 is 9.47 Å². The van der Waals surface area contributed by atoms with Crippen LogP contribution in [0.2, 0.25) is 0 Å². The van der Waals surface area contributed by atoms with Gasteiger partial charge in [-0.15, -0.1) is 10.2 Å². The first-order valence-electron chi connectivity index (χ1n) is 11.3. The van der Waals surface area contributed by atoms with Crippen LogP contribution in [0.1, 0.15) is 43.4 Å². The van der Waals surface area contributed by atoms with E-state index in [1.165, 1.54) is 10.4 Å². The number of likely N-dealkylation sites (tertiary alicyclic amines) is 1. The predicted octanol–water partition coefficient (Wildman–Crippen LogP) is 3.43. The Kier molecular flexibility index (Phi) is 5.75. The standard InChI is InChI=1S/C24H27N5O3/c1-2-17-6-8-18(9-7-17)24-25-27-29(26-24)16-23(30)28-12-3-5-20(28)19-10-11-21-22(15-19)32-14-4-13-31-21/h6-11,15,20H,2-5,12-14,16H2,1H3/t20-/m1/s1. The number of fused-ring (bicyclic) bond motifs is 1. The van der Waals surface area contributed by atoms with Crippen LogP contribution in [0, 0.1) is 0 Å². The highest BCUT2D eigenvalue weighted by Gasteiger charge is 2.31. The summed E-state index contributed by atoms with van der Waals surface area (Å²) < 4.78 is 11.6. The fourth-order valence-electron chi connectivity index (χ4n) is 4.33. The van der Waals surface area contributed by atoms with Crippen LogP contribution in [0.4, 0.5) is 0 Å². The SMILES string of the molecule is CCc1ccc(-c2nnn(CC(=O)N3CCC[C@@H]3c3ccc4c(c3)OCCCO4)n2)cc1. The summed E-state index contributed by atoms with van der Waals surface area (Å²) >= 11 is 0. The van der Waals surface area contributed by atoms with Crippen LogP contribution in [0.5, 0.6) is 11.5 Å². The van der Waals surface area contributed by atoms with E-state index in [1.807, 2.05) is 35.2 Å². The van der Waals surface area contributed by atoms with Crippen molar-refractivity contribution in [2.45, 2.75) is 45.2 Å². The van der Waals surface area contributed by atoms with Crippen molar-refractivity contribution in [1.29, 1.82) is 0 Å². The van der Waals surface area contributed by atoms with Gasteiger partial charge in [0.15, 0.2) is 11.5 Å². The lowest BCUT2D eigenvalue weighted by molar-refractivity contribution is -0.133. The van der Waals surface area contributed by atoms with E-state index in [-0.39, 0.29) is 18.5 Å². The molecule has 8 heteroatoms. The van der Waals surface area contributed by atoms with Gasteiger partial charge in [-0.2, -0.15) is 4.80 Å². The van der Waals surface area contributed by atoms with Crippen molar-refractivity contribution in [3.8, 4) is 22.9 Å². The Balaban J connectivity index is 1.29. The first-order chi connectivity index (χ1) is 15.7. The van der Waals surface area contributed by atoms with Crippen LogP contribution in [0.25, 0.3) is 11.4 Å². The van der Waals surface area contributed by atoms with Crippen LogP contribution in [0.15, 0.2) is 42.5 Å². The first-order valence-corrected chi connectivity index (χ1v) is 11.3. The van der Waals surface area contributed by atoms with Crippen molar-refractivity contribution in [1.82, 2.24) is 25.1 Å². The highest BCUT2D eigenvalue weighted by atomic mass is 16.5. The lowest BCUT2D eigenvalue weighted by Crippen LogP contribution is -2.34. The molecule has 5 rings (SSSR count). The number of aryl methyl sites for hydroxylation is 1. The number of rotatable bonds is 5. The molecule has 166 valence electrons. The molecule has 0 spiro atoms. The van der Waals surface area contributed by atoms with Gasteiger partial charge in [0, 0.05) is 18.5 Å². The number of carbonyl (C=O) groups is 1. The molecule has 2 aliphatic rings. The third-order valence-corrected chi connectivity index (χ3v) is 6.08. The zero-order chi connectivity index (χ0) is 21.9. The van der Waals surface area contributed by atoms with Crippen LogP contribution in [-0.2, 0) is 17.8 Å². The van der Waals surface area contributed by atoms with Crippen molar-refractivity contribution in [3.05, 3.63) is 53.6 Å². The smallest absolute Gasteiger partial charge is 0.246 e. The zero-order valence-electron chi connectivity index (χ0n) is 18.2. The van der Waals surface area contributed by atoms with E-state index < -0.39 is 0 Å². The number of aromatic nitrogens is 4. The summed E-state index contributed by atoms with van der Waals surface area (Å²) in [6.45, 7) is 4.22. The van der Waals surface area contributed by atoms with Gasteiger partial charge in [-0.05, 0) is 47.7 Å². The normalized spacial score (nSPS) is 17.9. The number of benzene rings is 2. The van der Waals surface area contributed by atoms with Gasteiger partial charge in [-0.3, -0.25) is 4.79 Å². The second-order valence-electron chi connectivity index (χ2n) is 8.20. The summed E-state index contributed by atoms with van der Waals surface area (Å²) in [5.41, 5.74) is 3.22. The van der Waals surface area contributed by atoms with Gasteiger partial charge in [0.05, 0.1) is 19.3 Å². The minimum atomic E-state index is -0.00936. The molecule has 32 heavy (non-hydrogen) atoms. The Morgan fingerprint density at radius 3 is 2.69 bits per heavy atom.